The molecule has 24 heavy (non-hydrogen) atoms. The summed E-state index contributed by atoms with van der Waals surface area (Å²) in [7, 11) is 0. The number of hydrogen-bond donors (Lipinski definition) is 5. The lowest BCUT2D eigenvalue weighted by atomic mass is 9.94. The van der Waals surface area contributed by atoms with E-state index in [1.165, 1.54) is 0 Å². The first-order valence-corrected chi connectivity index (χ1v) is 8.21. The lowest BCUT2D eigenvalue weighted by Crippen LogP contribution is -2.53. The van der Waals surface area contributed by atoms with Crippen molar-refractivity contribution in [1.29, 1.82) is 0 Å². The first-order chi connectivity index (χ1) is 11.4. The zero-order valence-electron chi connectivity index (χ0n) is 13.7. The molecule has 7 nitrogen and oxygen atoms in total. The molecule has 1 aromatic carbocycles. The van der Waals surface area contributed by atoms with Crippen molar-refractivity contribution in [3.05, 3.63) is 23.8 Å². The highest BCUT2D eigenvalue weighted by atomic mass is 16.5. The van der Waals surface area contributed by atoms with Gasteiger partial charge in [0.2, 0.25) is 0 Å². The third-order valence-electron chi connectivity index (χ3n) is 4.20. The Morgan fingerprint density at radius 1 is 1.25 bits per heavy atom. The fraction of sp³-hybridized carbons (Fsp3) is 0.647. The van der Waals surface area contributed by atoms with Crippen LogP contribution in [0.2, 0.25) is 0 Å². The van der Waals surface area contributed by atoms with Crippen LogP contribution in [0, 0.1) is 0 Å². The van der Waals surface area contributed by atoms with Crippen LogP contribution in [-0.4, -0.2) is 69.3 Å². The number of aliphatic hydroxyl groups is 4. The number of phenols is 1. The maximum absolute atomic E-state index is 10.1. The molecule has 1 saturated heterocycles. The zero-order chi connectivity index (χ0) is 17.7. The van der Waals surface area contributed by atoms with Crippen molar-refractivity contribution in [3.63, 3.8) is 0 Å². The Balaban J connectivity index is 1.85. The molecule has 5 N–H and O–H groups in total. The van der Waals surface area contributed by atoms with Gasteiger partial charge in [-0.3, -0.25) is 0 Å². The van der Waals surface area contributed by atoms with E-state index in [1.54, 1.807) is 18.2 Å². The van der Waals surface area contributed by atoms with E-state index < -0.39 is 30.5 Å². The topological polar surface area (TPSA) is 120 Å². The largest absolute Gasteiger partial charge is 0.504 e. The number of aryl methyl sites for hydroxylation is 1. The van der Waals surface area contributed by atoms with E-state index in [9.17, 15) is 25.5 Å². The second-order valence-electron chi connectivity index (χ2n) is 6.08. The van der Waals surface area contributed by atoms with Crippen molar-refractivity contribution >= 4 is 0 Å². The van der Waals surface area contributed by atoms with Crippen molar-refractivity contribution in [3.8, 4) is 11.5 Å². The van der Waals surface area contributed by atoms with Gasteiger partial charge in [0.15, 0.2) is 11.5 Å². The number of benzene rings is 1. The van der Waals surface area contributed by atoms with Crippen molar-refractivity contribution < 1.29 is 35.0 Å². The van der Waals surface area contributed by atoms with Crippen molar-refractivity contribution in [2.24, 2.45) is 0 Å². The van der Waals surface area contributed by atoms with Gasteiger partial charge in [0, 0.05) is 6.42 Å². The first-order valence-electron chi connectivity index (χ1n) is 8.21. The second-order valence-corrected chi connectivity index (χ2v) is 6.08. The Hall–Kier alpha value is -1.38. The van der Waals surface area contributed by atoms with Crippen molar-refractivity contribution in [2.75, 3.05) is 13.2 Å². The van der Waals surface area contributed by atoms with Gasteiger partial charge < -0.3 is 35.0 Å². The van der Waals surface area contributed by atoms with Crippen molar-refractivity contribution in [2.45, 2.75) is 56.7 Å². The van der Waals surface area contributed by atoms with Crippen LogP contribution in [0.3, 0.4) is 0 Å². The molecule has 5 atom stereocenters. The van der Waals surface area contributed by atoms with Crippen LogP contribution in [0.5, 0.6) is 11.5 Å². The molecular formula is C17H26O7. The summed E-state index contributed by atoms with van der Waals surface area (Å²) in [5.74, 6) is 0.486. The van der Waals surface area contributed by atoms with Gasteiger partial charge in [-0.05, 0) is 37.5 Å². The molecule has 1 heterocycles. The molecule has 0 amide bonds. The Morgan fingerprint density at radius 2 is 2.00 bits per heavy atom. The Kier molecular flexibility index (Phi) is 6.82. The number of phenolic OH excluding ortho intramolecular Hbond substituents is 1. The van der Waals surface area contributed by atoms with Gasteiger partial charge in [-0.1, -0.05) is 6.07 Å². The molecule has 136 valence electrons. The fourth-order valence-electron chi connectivity index (χ4n) is 2.78. The number of aromatic hydroxyl groups is 1. The molecule has 0 bridgehead atoms. The average molecular weight is 342 g/mol. The summed E-state index contributed by atoms with van der Waals surface area (Å²) >= 11 is 0. The minimum Gasteiger partial charge on any atom is -0.504 e. The van der Waals surface area contributed by atoms with Crippen LogP contribution >= 0.6 is 0 Å². The summed E-state index contributed by atoms with van der Waals surface area (Å²) in [5, 5.41) is 48.8. The third-order valence-corrected chi connectivity index (χ3v) is 4.20. The molecule has 0 radical (unpaired) electrons. The molecule has 2 rings (SSSR count). The average Bonchev–Trinajstić information content (AvgIpc) is 2.56. The molecule has 1 aliphatic rings. The molecule has 1 aromatic rings. The van der Waals surface area contributed by atoms with Crippen LogP contribution in [0.1, 0.15) is 25.3 Å². The molecule has 0 aromatic heterocycles. The van der Waals surface area contributed by atoms with E-state index in [0.29, 0.717) is 25.2 Å². The zero-order valence-corrected chi connectivity index (χ0v) is 13.7. The van der Waals surface area contributed by atoms with E-state index in [-0.39, 0.29) is 18.8 Å². The van der Waals surface area contributed by atoms with Crippen LogP contribution in [0.25, 0.3) is 0 Å². The van der Waals surface area contributed by atoms with E-state index in [1.807, 2.05) is 6.92 Å². The smallest absolute Gasteiger partial charge is 0.161 e. The summed E-state index contributed by atoms with van der Waals surface area (Å²) in [4.78, 5) is 0. The van der Waals surface area contributed by atoms with Gasteiger partial charge in [0.25, 0.3) is 0 Å². The first kappa shape index (κ1) is 19.0. The van der Waals surface area contributed by atoms with Crippen LogP contribution in [0.15, 0.2) is 18.2 Å². The van der Waals surface area contributed by atoms with E-state index >= 15 is 0 Å². The summed E-state index contributed by atoms with van der Waals surface area (Å²) in [6.45, 7) is 2.22. The molecule has 1 aliphatic heterocycles. The highest BCUT2D eigenvalue weighted by Gasteiger charge is 2.38. The molecule has 1 fully saturated rings. The summed E-state index contributed by atoms with van der Waals surface area (Å²) in [6.07, 6.45) is -3.86. The summed E-state index contributed by atoms with van der Waals surface area (Å²) in [6, 6.07) is 5.05. The maximum Gasteiger partial charge on any atom is 0.161 e. The van der Waals surface area contributed by atoms with Crippen LogP contribution in [-0.2, 0) is 11.2 Å². The molecule has 0 spiro atoms. The lowest BCUT2D eigenvalue weighted by molar-refractivity contribution is -0.193. The predicted octanol–water partition coefficient (Wildman–Crippen LogP) is -0.0440. The van der Waals surface area contributed by atoms with E-state index in [2.05, 4.69) is 0 Å². The van der Waals surface area contributed by atoms with Gasteiger partial charge >= 0.3 is 0 Å². The standard InChI is InChI=1S/C17H26O7/c1-2-23-14-7-10(4-6-12(14)19)3-5-11(18)8-15-17(22)16(21)13(20)9-24-15/h4,6-7,11,13,15-22H,2-3,5,8-9H2,1H3/t11?,13-,15?,16+,17+/m1/s1. The van der Waals surface area contributed by atoms with Gasteiger partial charge in [-0.25, -0.2) is 0 Å². The Labute approximate surface area is 141 Å². The number of hydrogen-bond acceptors (Lipinski definition) is 7. The fourth-order valence-corrected chi connectivity index (χ4v) is 2.78. The minimum atomic E-state index is -1.26. The van der Waals surface area contributed by atoms with Crippen LogP contribution < -0.4 is 4.74 Å². The van der Waals surface area contributed by atoms with E-state index in [4.69, 9.17) is 9.47 Å². The highest BCUT2D eigenvalue weighted by Crippen LogP contribution is 2.28. The van der Waals surface area contributed by atoms with Gasteiger partial charge in [0.05, 0.1) is 25.4 Å². The summed E-state index contributed by atoms with van der Waals surface area (Å²) in [5.41, 5.74) is 0.913. The van der Waals surface area contributed by atoms with Gasteiger partial charge in [0.1, 0.15) is 18.3 Å². The molecule has 2 unspecified atom stereocenters. The number of aliphatic hydroxyl groups excluding tert-OH is 4. The van der Waals surface area contributed by atoms with E-state index in [0.717, 1.165) is 5.56 Å². The summed E-state index contributed by atoms with van der Waals surface area (Å²) < 4.78 is 10.6. The number of ether oxygens (including phenoxy) is 2. The molecule has 0 aliphatic carbocycles. The molecular weight excluding hydrogens is 316 g/mol. The van der Waals surface area contributed by atoms with Crippen LogP contribution in [0.4, 0.5) is 0 Å². The Morgan fingerprint density at radius 3 is 2.71 bits per heavy atom. The minimum absolute atomic E-state index is 0.0642. The maximum atomic E-state index is 10.1. The predicted molar refractivity (Wildman–Crippen MR) is 86.0 cm³/mol. The normalized spacial score (nSPS) is 28.5. The highest BCUT2D eigenvalue weighted by molar-refractivity contribution is 5.41. The lowest BCUT2D eigenvalue weighted by Gasteiger charge is -2.36. The van der Waals surface area contributed by atoms with Gasteiger partial charge in [-0.15, -0.1) is 0 Å². The SMILES string of the molecule is CCOc1cc(CCC(O)CC2OC[C@@H](O)[C@H](O)[C@H]2O)ccc1O. The van der Waals surface area contributed by atoms with Gasteiger partial charge in [-0.2, -0.15) is 0 Å². The third kappa shape index (κ3) is 4.81. The number of rotatable bonds is 7. The molecule has 7 heteroatoms. The quantitative estimate of drug-likeness (QED) is 0.471. The second kappa shape index (κ2) is 8.64. The molecule has 0 saturated carbocycles. The monoisotopic (exact) mass is 342 g/mol. The van der Waals surface area contributed by atoms with Crippen molar-refractivity contribution in [1.82, 2.24) is 0 Å². The Bertz CT molecular complexity index is 522.